The number of benzene rings is 1. The van der Waals surface area contributed by atoms with E-state index in [4.69, 9.17) is 21.4 Å². The summed E-state index contributed by atoms with van der Waals surface area (Å²) < 4.78 is 6.26. The van der Waals surface area contributed by atoms with Crippen molar-refractivity contribution in [3.63, 3.8) is 0 Å². The lowest BCUT2D eigenvalue weighted by atomic mass is 10.3. The molecule has 0 fully saturated rings. The molecule has 0 spiro atoms. The molecule has 0 aliphatic heterocycles. The van der Waals surface area contributed by atoms with E-state index >= 15 is 0 Å². The van der Waals surface area contributed by atoms with Gasteiger partial charge in [0, 0.05) is 12.3 Å². The number of nitrogens with one attached hydrogen (secondary N) is 1. The fourth-order valence-corrected chi connectivity index (χ4v) is 1.97. The number of amides is 1. The molecule has 120 valence electrons. The van der Waals surface area contributed by atoms with Crippen LogP contribution in [0.2, 0.25) is 5.02 Å². The van der Waals surface area contributed by atoms with E-state index < -0.39 is 24.0 Å². The Bertz CT molecular complexity index is 787. The summed E-state index contributed by atoms with van der Waals surface area (Å²) in [5, 5.41) is 11.6. The average molecular weight is 337 g/mol. The van der Waals surface area contributed by atoms with Crippen LogP contribution in [-0.4, -0.2) is 28.2 Å². The van der Waals surface area contributed by atoms with Gasteiger partial charge in [0.05, 0.1) is 10.7 Å². The molecule has 8 heteroatoms. The number of carbonyl (C=O) groups excluding carboxylic acids is 1. The normalized spacial score (nSPS) is 10.1. The van der Waals surface area contributed by atoms with Crippen molar-refractivity contribution in [1.29, 1.82) is 0 Å². The van der Waals surface area contributed by atoms with E-state index in [9.17, 15) is 14.4 Å². The lowest BCUT2D eigenvalue weighted by Crippen LogP contribution is -2.25. The maximum atomic E-state index is 11.8. The third kappa shape index (κ3) is 4.86. The largest absolute Gasteiger partial charge is 0.482 e. The average Bonchev–Trinajstić information content (AvgIpc) is 2.49. The van der Waals surface area contributed by atoms with E-state index in [1.165, 1.54) is 18.3 Å². The van der Waals surface area contributed by atoms with Crippen LogP contribution in [0.1, 0.15) is 0 Å². The highest BCUT2D eigenvalue weighted by Gasteiger charge is 2.08. The summed E-state index contributed by atoms with van der Waals surface area (Å²) in [6.45, 7) is -0.763. The van der Waals surface area contributed by atoms with Crippen molar-refractivity contribution in [2.45, 2.75) is 6.54 Å². The number of hydrogen-bond donors (Lipinski definition) is 2. The van der Waals surface area contributed by atoms with Crippen LogP contribution in [0.25, 0.3) is 0 Å². The van der Waals surface area contributed by atoms with Crippen LogP contribution >= 0.6 is 11.6 Å². The van der Waals surface area contributed by atoms with Crippen LogP contribution in [0.4, 0.5) is 5.69 Å². The maximum absolute atomic E-state index is 11.8. The van der Waals surface area contributed by atoms with Gasteiger partial charge in [0.25, 0.3) is 11.5 Å². The molecule has 1 aromatic heterocycles. The van der Waals surface area contributed by atoms with Gasteiger partial charge in [-0.3, -0.25) is 14.4 Å². The number of pyridine rings is 1. The van der Waals surface area contributed by atoms with Crippen molar-refractivity contribution in [1.82, 2.24) is 4.57 Å². The van der Waals surface area contributed by atoms with Crippen molar-refractivity contribution in [2.24, 2.45) is 0 Å². The molecule has 0 aliphatic carbocycles. The molecule has 0 radical (unpaired) electrons. The van der Waals surface area contributed by atoms with Crippen LogP contribution in [-0.2, 0) is 16.1 Å². The molecule has 0 atom stereocenters. The summed E-state index contributed by atoms with van der Waals surface area (Å²) in [4.78, 5) is 34.0. The number of carboxylic acid groups (broad SMARTS) is 1. The molecule has 2 N–H and O–H groups in total. The van der Waals surface area contributed by atoms with Gasteiger partial charge in [-0.1, -0.05) is 23.7 Å². The second-order valence-corrected chi connectivity index (χ2v) is 4.95. The van der Waals surface area contributed by atoms with E-state index in [1.807, 2.05) is 0 Å². The molecule has 0 bridgehead atoms. The smallest absolute Gasteiger partial charge is 0.323 e. The minimum atomic E-state index is -1.15. The fraction of sp³-hybridized carbons (Fsp3) is 0.133. The summed E-state index contributed by atoms with van der Waals surface area (Å²) in [5.41, 5.74) is -0.184. The Labute approximate surface area is 136 Å². The summed E-state index contributed by atoms with van der Waals surface area (Å²) >= 11 is 5.90. The van der Waals surface area contributed by atoms with Crippen LogP contribution in [0.3, 0.4) is 0 Å². The van der Waals surface area contributed by atoms with E-state index in [0.29, 0.717) is 16.5 Å². The SMILES string of the molecule is O=C(O)Cn1cc(NC(=O)COc2ccccc2Cl)ccc1=O. The molecule has 1 aromatic carbocycles. The quantitative estimate of drug-likeness (QED) is 0.835. The number of nitrogens with zero attached hydrogens (tertiary/aromatic N) is 1. The van der Waals surface area contributed by atoms with Crippen molar-refractivity contribution in [3.8, 4) is 5.75 Å². The van der Waals surface area contributed by atoms with E-state index in [2.05, 4.69) is 5.32 Å². The Kier molecular flexibility index (Phi) is 5.37. The highest BCUT2D eigenvalue weighted by atomic mass is 35.5. The second kappa shape index (κ2) is 7.46. The maximum Gasteiger partial charge on any atom is 0.323 e. The first-order chi connectivity index (χ1) is 11.0. The van der Waals surface area contributed by atoms with Gasteiger partial charge in [-0.15, -0.1) is 0 Å². The monoisotopic (exact) mass is 336 g/mol. The third-order valence-electron chi connectivity index (χ3n) is 2.77. The lowest BCUT2D eigenvalue weighted by Gasteiger charge is -2.10. The fourth-order valence-electron chi connectivity index (χ4n) is 1.78. The Morgan fingerprint density at radius 1 is 1.22 bits per heavy atom. The molecule has 23 heavy (non-hydrogen) atoms. The molecular formula is C15H13ClN2O5. The predicted octanol–water partition coefficient (Wildman–Crippen LogP) is 1.60. The van der Waals surface area contributed by atoms with E-state index in [1.54, 1.807) is 24.3 Å². The molecule has 1 amide bonds. The van der Waals surface area contributed by atoms with Gasteiger partial charge in [-0.25, -0.2) is 0 Å². The highest BCUT2D eigenvalue weighted by molar-refractivity contribution is 6.32. The number of aliphatic carboxylic acids is 1. The zero-order valence-electron chi connectivity index (χ0n) is 11.9. The lowest BCUT2D eigenvalue weighted by molar-refractivity contribution is -0.137. The van der Waals surface area contributed by atoms with Gasteiger partial charge >= 0.3 is 5.97 Å². The van der Waals surface area contributed by atoms with Crippen molar-refractivity contribution < 1.29 is 19.4 Å². The molecule has 0 aliphatic rings. The standard InChI is InChI=1S/C15H13ClN2O5/c16-11-3-1-2-4-12(11)23-9-13(19)17-10-5-6-14(20)18(7-10)8-15(21)22/h1-7H,8-9H2,(H,17,19)(H,21,22). The van der Waals surface area contributed by atoms with Gasteiger partial charge in [0.15, 0.2) is 6.61 Å². The van der Waals surface area contributed by atoms with Crippen LogP contribution in [0, 0.1) is 0 Å². The Morgan fingerprint density at radius 2 is 1.96 bits per heavy atom. The minimum Gasteiger partial charge on any atom is -0.482 e. The summed E-state index contributed by atoms with van der Waals surface area (Å²) in [6.07, 6.45) is 1.25. The highest BCUT2D eigenvalue weighted by Crippen LogP contribution is 2.22. The number of halogens is 1. The predicted molar refractivity (Wildman–Crippen MR) is 83.9 cm³/mol. The molecule has 0 saturated carbocycles. The van der Waals surface area contributed by atoms with Crippen molar-refractivity contribution in [3.05, 3.63) is 58.0 Å². The molecule has 2 rings (SSSR count). The van der Waals surface area contributed by atoms with Gasteiger partial charge in [-0.2, -0.15) is 0 Å². The first kappa shape index (κ1) is 16.6. The summed E-state index contributed by atoms with van der Waals surface area (Å²) in [6, 6.07) is 9.28. The Balaban J connectivity index is 1.99. The van der Waals surface area contributed by atoms with Crippen LogP contribution in [0.5, 0.6) is 5.75 Å². The van der Waals surface area contributed by atoms with Crippen LogP contribution in [0.15, 0.2) is 47.4 Å². The number of para-hydroxylation sites is 1. The number of ether oxygens (including phenoxy) is 1. The van der Waals surface area contributed by atoms with Gasteiger partial charge in [0.2, 0.25) is 0 Å². The third-order valence-corrected chi connectivity index (χ3v) is 3.08. The first-order valence-corrected chi connectivity index (χ1v) is 6.93. The van der Waals surface area contributed by atoms with Crippen molar-refractivity contribution >= 4 is 29.2 Å². The van der Waals surface area contributed by atoms with Gasteiger partial charge in [-0.05, 0) is 18.2 Å². The molecule has 0 saturated heterocycles. The van der Waals surface area contributed by atoms with Crippen molar-refractivity contribution in [2.75, 3.05) is 11.9 Å². The Hall–Kier alpha value is -2.80. The molecular weight excluding hydrogens is 324 g/mol. The topological polar surface area (TPSA) is 97.6 Å². The Morgan fingerprint density at radius 3 is 2.65 bits per heavy atom. The number of carboxylic acids is 1. The molecule has 0 unspecified atom stereocenters. The van der Waals surface area contributed by atoms with Crippen LogP contribution < -0.4 is 15.6 Å². The van der Waals surface area contributed by atoms with E-state index in [-0.39, 0.29) is 6.61 Å². The number of hydrogen-bond acceptors (Lipinski definition) is 4. The number of carbonyl (C=O) groups is 2. The summed E-state index contributed by atoms with van der Waals surface area (Å²) in [5.74, 6) is -1.25. The summed E-state index contributed by atoms with van der Waals surface area (Å²) in [7, 11) is 0. The molecule has 2 aromatic rings. The number of anilines is 1. The number of rotatable bonds is 6. The zero-order valence-corrected chi connectivity index (χ0v) is 12.6. The van der Waals surface area contributed by atoms with E-state index in [0.717, 1.165) is 4.57 Å². The first-order valence-electron chi connectivity index (χ1n) is 6.55. The molecule has 1 heterocycles. The zero-order chi connectivity index (χ0) is 16.8. The molecule has 7 nitrogen and oxygen atoms in total. The number of aromatic nitrogens is 1. The second-order valence-electron chi connectivity index (χ2n) is 4.54. The van der Waals surface area contributed by atoms with Gasteiger partial charge < -0.3 is 19.7 Å². The van der Waals surface area contributed by atoms with Gasteiger partial charge in [0.1, 0.15) is 12.3 Å². The minimum absolute atomic E-state index is 0.276.